The van der Waals surface area contributed by atoms with Crippen LogP contribution in [-0.4, -0.2) is 35.8 Å². The summed E-state index contributed by atoms with van der Waals surface area (Å²) in [5.41, 5.74) is 1.87. The number of amides is 2. The first-order valence-electron chi connectivity index (χ1n) is 7.63. The van der Waals surface area contributed by atoms with Gasteiger partial charge in [0.25, 0.3) is 11.8 Å². The molecule has 0 bridgehead atoms. The van der Waals surface area contributed by atoms with Gasteiger partial charge in [-0.3, -0.25) is 9.59 Å². The van der Waals surface area contributed by atoms with E-state index in [9.17, 15) is 9.59 Å². The van der Waals surface area contributed by atoms with E-state index in [4.69, 9.17) is 0 Å². The maximum Gasteiger partial charge on any atom is 0.298 e. The van der Waals surface area contributed by atoms with Gasteiger partial charge in [0.15, 0.2) is 0 Å². The molecule has 0 saturated carbocycles. The van der Waals surface area contributed by atoms with Crippen LogP contribution >= 0.6 is 0 Å². The number of carbonyl (C=O) groups is 2. The fraction of sp³-hybridized carbons (Fsp3) is 0.444. The van der Waals surface area contributed by atoms with Crippen LogP contribution in [0.1, 0.15) is 49.0 Å². The van der Waals surface area contributed by atoms with Crippen molar-refractivity contribution in [1.82, 2.24) is 10.2 Å². The van der Waals surface area contributed by atoms with Crippen molar-refractivity contribution in [2.24, 2.45) is 0 Å². The molecule has 116 valence electrons. The second-order valence-electron chi connectivity index (χ2n) is 5.86. The Morgan fingerprint density at radius 1 is 1.27 bits per heavy atom. The molecule has 22 heavy (non-hydrogen) atoms. The maximum absolute atomic E-state index is 12.2. The van der Waals surface area contributed by atoms with E-state index >= 15 is 0 Å². The molecular formula is C18H22N2O2. The number of rotatable bonds is 3. The van der Waals surface area contributed by atoms with Gasteiger partial charge in [0.1, 0.15) is 0 Å². The number of benzene rings is 1. The highest BCUT2D eigenvalue weighted by Crippen LogP contribution is 2.15. The minimum absolute atomic E-state index is 0.000110. The zero-order valence-corrected chi connectivity index (χ0v) is 13.3. The zero-order valence-electron chi connectivity index (χ0n) is 13.3. The van der Waals surface area contributed by atoms with Crippen molar-refractivity contribution in [3.05, 3.63) is 35.4 Å². The summed E-state index contributed by atoms with van der Waals surface area (Å²) in [5.74, 6) is 5.34. The van der Waals surface area contributed by atoms with E-state index in [-0.39, 0.29) is 17.9 Å². The molecule has 1 atom stereocenters. The highest BCUT2D eigenvalue weighted by atomic mass is 16.2. The van der Waals surface area contributed by atoms with Crippen LogP contribution in [0.15, 0.2) is 24.3 Å². The lowest BCUT2D eigenvalue weighted by atomic mass is 10.0. The van der Waals surface area contributed by atoms with Crippen LogP contribution in [-0.2, 0) is 4.79 Å². The van der Waals surface area contributed by atoms with Gasteiger partial charge in [0.05, 0.1) is 0 Å². The normalized spacial score (nSPS) is 17.1. The van der Waals surface area contributed by atoms with Crippen molar-refractivity contribution in [3.63, 3.8) is 0 Å². The van der Waals surface area contributed by atoms with Crippen LogP contribution < -0.4 is 5.32 Å². The summed E-state index contributed by atoms with van der Waals surface area (Å²) in [4.78, 5) is 25.6. The summed E-state index contributed by atoms with van der Waals surface area (Å²) < 4.78 is 0. The molecule has 4 heteroatoms. The molecule has 1 aromatic rings. The molecule has 2 amide bonds. The second-order valence-corrected chi connectivity index (χ2v) is 5.86. The first-order valence-corrected chi connectivity index (χ1v) is 7.63. The van der Waals surface area contributed by atoms with Crippen molar-refractivity contribution in [2.75, 3.05) is 13.1 Å². The first kappa shape index (κ1) is 16.1. The SMILES string of the molecule is CC#CC(=O)N1CCC(NC(=O)c2ccc(C(C)C)cc2)C1. The van der Waals surface area contributed by atoms with Crippen LogP contribution in [0.25, 0.3) is 0 Å². The minimum atomic E-state index is -0.166. The van der Waals surface area contributed by atoms with E-state index in [1.165, 1.54) is 5.56 Å². The monoisotopic (exact) mass is 298 g/mol. The number of nitrogens with one attached hydrogen (secondary N) is 1. The average Bonchev–Trinajstić information content (AvgIpc) is 2.96. The Morgan fingerprint density at radius 3 is 2.55 bits per heavy atom. The molecule has 1 unspecified atom stereocenters. The maximum atomic E-state index is 12.2. The molecule has 2 rings (SSSR count). The third-order valence-electron chi connectivity index (χ3n) is 3.88. The summed E-state index contributed by atoms with van der Waals surface area (Å²) in [6.45, 7) is 7.07. The van der Waals surface area contributed by atoms with Gasteiger partial charge in [-0.2, -0.15) is 0 Å². The van der Waals surface area contributed by atoms with Crippen molar-refractivity contribution in [1.29, 1.82) is 0 Å². The Balaban J connectivity index is 1.92. The van der Waals surface area contributed by atoms with E-state index in [0.29, 0.717) is 24.6 Å². The molecule has 1 N–H and O–H groups in total. The predicted octanol–water partition coefficient (Wildman–Crippen LogP) is 2.16. The third-order valence-corrected chi connectivity index (χ3v) is 3.88. The van der Waals surface area contributed by atoms with E-state index in [0.717, 1.165) is 6.42 Å². The standard InChI is InChI=1S/C18H22N2O2/c1-4-5-17(21)20-11-10-16(12-20)19-18(22)15-8-6-14(7-9-15)13(2)3/h6-9,13,16H,10-12H2,1-3H3,(H,19,22). The number of likely N-dealkylation sites (tertiary alicyclic amines) is 1. The average molecular weight is 298 g/mol. The Morgan fingerprint density at radius 2 is 1.95 bits per heavy atom. The molecule has 1 saturated heterocycles. The minimum Gasteiger partial charge on any atom is -0.347 e. The Labute approximate surface area is 131 Å². The molecule has 0 aliphatic carbocycles. The molecule has 1 aliphatic heterocycles. The smallest absolute Gasteiger partial charge is 0.298 e. The molecule has 4 nitrogen and oxygen atoms in total. The van der Waals surface area contributed by atoms with Crippen molar-refractivity contribution in [3.8, 4) is 11.8 Å². The van der Waals surface area contributed by atoms with E-state index < -0.39 is 0 Å². The highest BCUT2D eigenvalue weighted by Gasteiger charge is 2.26. The van der Waals surface area contributed by atoms with Gasteiger partial charge in [-0.25, -0.2) is 0 Å². The molecular weight excluding hydrogens is 276 g/mol. The summed E-state index contributed by atoms with van der Waals surface area (Å²) in [5, 5.41) is 2.99. The van der Waals surface area contributed by atoms with Crippen molar-refractivity contribution < 1.29 is 9.59 Å². The lowest BCUT2D eigenvalue weighted by Gasteiger charge is -2.15. The lowest BCUT2D eigenvalue weighted by molar-refractivity contribution is -0.124. The summed E-state index contributed by atoms with van der Waals surface area (Å²) in [6.07, 6.45) is 0.771. The number of nitrogens with zero attached hydrogens (tertiary/aromatic N) is 1. The number of hydrogen-bond donors (Lipinski definition) is 1. The van der Waals surface area contributed by atoms with Gasteiger partial charge in [0, 0.05) is 24.7 Å². The number of hydrogen-bond acceptors (Lipinski definition) is 2. The first-order chi connectivity index (χ1) is 10.5. The van der Waals surface area contributed by atoms with Crippen LogP contribution in [0, 0.1) is 11.8 Å². The number of carbonyl (C=O) groups excluding carboxylic acids is 2. The van der Waals surface area contributed by atoms with Crippen LogP contribution in [0.3, 0.4) is 0 Å². The highest BCUT2D eigenvalue weighted by molar-refractivity contribution is 5.95. The fourth-order valence-electron chi connectivity index (χ4n) is 2.54. The van der Waals surface area contributed by atoms with E-state index in [1.807, 2.05) is 24.3 Å². The topological polar surface area (TPSA) is 49.4 Å². The van der Waals surface area contributed by atoms with Gasteiger partial charge in [-0.1, -0.05) is 31.9 Å². The molecule has 1 heterocycles. The van der Waals surface area contributed by atoms with Crippen LogP contribution in [0.5, 0.6) is 0 Å². The Hall–Kier alpha value is -2.28. The van der Waals surface area contributed by atoms with Gasteiger partial charge >= 0.3 is 0 Å². The van der Waals surface area contributed by atoms with Crippen molar-refractivity contribution >= 4 is 11.8 Å². The van der Waals surface area contributed by atoms with Gasteiger partial charge in [0.2, 0.25) is 0 Å². The predicted molar refractivity (Wildman–Crippen MR) is 86.4 cm³/mol. The van der Waals surface area contributed by atoms with Gasteiger partial charge < -0.3 is 10.2 Å². The second kappa shape index (κ2) is 7.13. The summed E-state index contributed by atoms with van der Waals surface area (Å²) >= 11 is 0. The van der Waals surface area contributed by atoms with Gasteiger partial charge in [-0.05, 0) is 42.9 Å². The summed E-state index contributed by atoms with van der Waals surface area (Å²) in [6, 6.07) is 7.68. The van der Waals surface area contributed by atoms with Gasteiger partial charge in [-0.15, -0.1) is 0 Å². The summed E-state index contributed by atoms with van der Waals surface area (Å²) in [7, 11) is 0. The largest absolute Gasteiger partial charge is 0.347 e. The Bertz CT molecular complexity index is 608. The molecule has 1 aliphatic rings. The zero-order chi connectivity index (χ0) is 16.1. The Kier molecular flexibility index (Phi) is 5.21. The van der Waals surface area contributed by atoms with E-state index in [1.54, 1.807) is 11.8 Å². The third kappa shape index (κ3) is 3.88. The quantitative estimate of drug-likeness (QED) is 0.869. The molecule has 1 fully saturated rings. The molecule has 1 aromatic carbocycles. The van der Waals surface area contributed by atoms with Crippen LogP contribution in [0.4, 0.5) is 0 Å². The molecule has 0 spiro atoms. The van der Waals surface area contributed by atoms with Crippen LogP contribution in [0.2, 0.25) is 0 Å². The molecule has 0 radical (unpaired) electrons. The molecule has 0 aromatic heterocycles. The van der Waals surface area contributed by atoms with E-state index in [2.05, 4.69) is 31.0 Å². The van der Waals surface area contributed by atoms with Crippen molar-refractivity contribution in [2.45, 2.75) is 39.2 Å². The fourth-order valence-corrected chi connectivity index (χ4v) is 2.54. The lowest BCUT2D eigenvalue weighted by Crippen LogP contribution is -2.38.